The minimum absolute atomic E-state index is 0.192. The van der Waals surface area contributed by atoms with Gasteiger partial charge in [-0.25, -0.2) is 0 Å². The molecule has 1 aromatic rings. The zero-order valence-electron chi connectivity index (χ0n) is 17.0. The van der Waals surface area contributed by atoms with Crippen LogP contribution in [-0.4, -0.2) is 12.3 Å². The van der Waals surface area contributed by atoms with E-state index in [2.05, 4.69) is 88.7 Å². The van der Waals surface area contributed by atoms with E-state index in [9.17, 15) is 0 Å². The summed E-state index contributed by atoms with van der Waals surface area (Å²) in [5, 5.41) is 0. The Morgan fingerprint density at radius 1 is 1.12 bits per heavy atom. The summed E-state index contributed by atoms with van der Waals surface area (Å²) < 4.78 is 0. The summed E-state index contributed by atoms with van der Waals surface area (Å²) in [4.78, 5) is 4.68. The molecule has 26 heavy (non-hydrogen) atoms. The maximum absolute atomic E-state index is 4.68. The Labute approximate surface area is 160 Å². The molecule has 138 valence electrons. The zero-order chi connectivity index (χ0) is 19.4. The molecule has 0 amide bonds. The van der Waals surface area contributed by atoms with Crippen molar-refractivity contribution >= 4 is 11.8 Å². The summed E-state index contributed by atoms with van der Waals surface area (Å²) in [6, 6.07) is 8.77. The van der Waals surface area contributed by atoms with Crippen molar-refractivity contribution in [2.75, 3.05) is 0 Å². The average molecular weight is 348 g/mol. The van der Waals surface area contributed by atoms with Gasteiger partial charge in [0.15, 0.2) is 0 Å². The normalized spacial score (nSPS) is 15.0. The lowest BCUT2D eigenvalue weighted by atomic mass is 9.99. The molecule has 1 nitrogen and oxygen atoms in total. The summed E-state index contributed by atoms with van der Waals surface area (Å²) in [6.07, 6.45) is 16.2. The molecule has 1 atom stereocenters. The smallest absolute Gasteiger partial charge is 0.0678 e. The first-order valence-electron chi connectivity index (χ1n) is 9.39. The highest BCUT2D eigenvalue weighted by Gasteiger charge is 2.02. The summed E-state index contributed by atoms with van der Waals surface area (Å²) >= 11 is 0. The van der Waals surface area contributed by atoms with E-state index >= 15 is 0 Å². The van der Waals surface area contributed by atoms with E-state index in [4.69, 9.17) is 0 Å². The highest BCUT2D eigenvalue weighted by atomic mass is 14.7. The second-order valence-electron chi connectivity index (χ2n) is 6.62. The van der Waals surface area contributed by atoms with Crippen LogP contribution < -0.4 is 0 Å². The van der Waals surface area contributed by atoms with Crippen LogP contribution in [0.4, 0.5) is 0 Å². The average Bonchev–Trinajstić information content (AvgIpc) is 2.65. The van der Waals surface area contributed by atoms with Crippen molar-refractivity contribution in [2.24, 2.45) is 4.99 Å². The molecule has 0 aliphatic carbocycles. The molecule has 0 aliphatic heterocycles. The molecule has 0 N–H and O–H groups in total. The number of benzene rings is 1. The molecular formula is C25H33N. The lowest BCUT2D eigenvalue weighted by molar-refractivity contribution is 0.859. The zero-order valence-corrected chi connectivity index (χ0v) is 17.0. The molecular weight excluding hydrogens is 314 g/mol. The van der Waals surface area contributed by atoms with Gasteiger partial charge in [-0.2, -0.15) is 0 Å². The largest absolute Gasteiger partial charge is 0.286 e. The Hall–Kier alpha value is -2.41. The number of aliphatic imine (C=N–C) groups is 1. The molecule has 0 spiro atoms. The molecule has 0 bridgehead atoms. The SMILES string of the molecule is C=C/C=C\C=C(\C)C/C=C(\C)C(C)N=C/C=C(\C)c1ccccc1CC. The fraction of sp³-hybridized carbons (Fsp3) is 0.320. The Balaban J connectivity index is 2.72. The topological polar surface area (TPSA) is 12.4 Å². The van der Waals surface area contributed by atoms with E-state index in [1.807, 2.05) is 18.4 Å². The predicted octanol–water partition coefficient (Wildman–Crippen LogP) is 7.14. The van der Waals surface area contributed by atoms with Crippen LogP contribution in [0.2, 0.25) is 0 Å². The molecule has 1 heteroatoms. The van der Waals surface area contributed by atoms with Gasteiger partial charge in [0.1, 0.15) is 0 Å². The fourth-order valence-corrected chi connectivity index (χ4v) is 2.56. The second kappa shape index (κ2) is 12.0. The van der Waals surface area contributed by atoms with Crippen LogP contribution in [0.3, 0.4) is 0 Å². The summed E-state index contributed by atoms with van der Waals surface area (Å²) in [5.74, 6) is 0. The van der Waals surface area contributed by atoms with Crippen molar-refractivity contribution in [2.45, 2.75) is 53.5 Å². The van der Waals surface area contributed by atoms with Crippen molar-refractivity contribution in [3.63, 3.8) is 0 Å². The third-order valence-electron chi connectivity index (χ3n) is 4.49. The Morgan fingerprint density at radius 2 is 1.85 bits per heavy atom. The van der Waals surface area contributed by atoms with Crippen molar-refractivity contribution in [3.8, 4) is 0 Å². The minimum atomic E-state index is 0.192. The van der Waals surface area contributed by atoms with Gasteiger partial charge in [-0.05, 0) is 63.3 Å². The number of hydrogen-bond donors (Lipinski definition) is 0. The van der Waals surface area contributed by atoms with Gasteiger partial charge in [-0.1, -0.05) is 79.3 Å². The first-order chi connectivity index (χ1) is 12.5. The van der Waals surface area contributed by atoms with E-state index < -0.39 is 0 Å². The van der Waals surface area contributed by atoms with Crippen LogP contribution in [0.5, 0.6) is 0 Å². The van der Waals surface area contributed by atoms with Gasteiger partial charge in [0.2, 0.25) is 0 Å². The molecule has 0 fully saturated rings. The second-order valence-corrected chi connectivity index (χ2v) is 6.62. The molecule has 0 saturated heterocycles. The Bertz CT molecular complexity index is 726. The third kappa shape index (κ3) is 7.65. The molecule has 0 heterocycles. The van der Waals surface area contributed by atoms with Crippen molar-refractivity contribution in [1.82, 2.24) is 0 Å². The van der Waals surface area contributed by atoms with Crippen LogP contribution in [0.25, 0.3) is 5.57 Å². The number of hydrogen-bond acceptors (Lipinski definition) is 1. The van der Waals surface area contributed by atoms with Gasteiger partial charge in [0.25, 0.3) is 0 Å². The highest BCUT2D eigenvalue weighted by molar-refractivity contribution is 5.84. The van der Waals surface area contributed by atoms with Gasteiger partial charge in [-0.3, -0.25) is 4.99 Å². The number of aryl methyl sites for hydroxylation is 1. The predicted molar refractivity (Wildman–Crippen MR) is 119 cm³/mol. The fourth-order valence-electron chi connectivity index (χ4n) is 2.56. The molecule has 0 aromatic heterocycles. The van der Waals surface area contributed by atoms with E-state index in [-0.39, 0.29) is 6.04 Å². The third-order valence-corrected chi connectivity index (χ3v) is 4.49. The Kier molecular flexibility index (Phi) is 10.0. The van der Waals surface area contributed by atoms with E-state index in [0.29, 0.717) is 0 Å². The van der Waals surface area contributed by atoms with Gasteiger partial charge in [0, 0.05) is 6.21 Å². The molecule has 0 radical (unpaired) electrons. The first kappa shape index (κ1) is 21.6. The van der Waals surface area contributed by atoms with Crippen molar-refractivity contribution in [1.29, 1.82) is 0 Å². The monoisotopic (exact) mass is 347 g/mol. The van der Waals surface area contributed by atoms with Gasteiger partial charge in [0.05, 0.1) is 6.04 Å². The lowest BCUT2D eigenvalue weighted by Gasteiger charge is -2.08. The summed E-state index contributed by atoms with van der Waals surface area (Å²) in [7, 11) is 0. The Morgan fingerprint density at radius 3 is 2.54 bits per heavy atom. The van der Waals surface area contributed by atoms with Crippen molar-refractivity contribution < 1.29 is 0 Å². The molecule has 1 unspecified atom stereocenters. The van der Waals surface area contributed by atoms with Gasteiger partial charge >= 0.3 is 0 Å². The van der Waals surface area contributed by atoms with Gasteiger partial charge < -0.3 is 0 Å². The van der Waals surface area contributed by atoms with Crippen LogP contribution in [0, 0.1) is 0 Å². The summed E-state index contributed by atoms with van der Waals surface area (Å²) in [6.45, 7) is 14.5. The van der Waals surface area contributed by atoms with E-state index in [1.54, 1.807) is 6.08 Å². The number of allylic oxidation sites excluding steroid dienone is 8. The number of rotatable bonds is 9. The summed E-state index contributed by atoms with van der Waals surface area (Å²) in [5.41, 5.74) is 6.57. The highest BCUT2D eigenvalue weighted by Crippen LogP contribution is 2.19. The maximum Gasteiger partial charge on any atom is 0.0678 e. The number of nitrogens with zero attached hydrogens (tertiary/aromatic N) is 1. The molecule has 1 rings (SSSR count). The van der Waals surface area contributed by atoms with Crippen LogP contribution >= 0.6 is 0 Å². The maximum atomic E-state index is 4.68. The van der Waals surface area contributed by atoms with E-state index in [0.717, 1.165) is 12.8 Å². The molecule has 0 saturated carbocycles. The first-order valence-corrected chi connectivity index (χ1v) is 9.39. The van der Waals surface area contributed by atoms with Gasteiger partial charge in [-0.15, -0.1) is 0 Å². The van der Waals surface area contributed by atoms with E-state index in [1.165, 1.54) is 27.8 Å². The van der Waals surface area contributed by atoms with Crippen LogP contribution in [0.1, 0.15) is 52.2 Å². The standard InChI is InChI=1S/C25H33N/c1-7-9-10-13-20(3)16-17-21(4)23(6)26-19-18-22(5)25-15-12-11-14-24(25)8-2/h7,9-15,17-19,23H,1,8,16H2,2-6H3/b10-9-,20-13-,21-17+,22-18+,26-19?. The minimum Gasteiger partial charge on any atom is -0.286 e. The van der Waals surface area contributed by atoms with Crippen molar-refractivity contribution in [3.05, 3.63) is 89.6 Å². The quantitative estimate of drug-likeness (QED) is 0.256. The lowest BCUT2D eigenvalue weighted by Crippen LogP contribution is -2.00. The van der Waals surface area contributed by atoms with Crippen LogP contribution in [-0.2, 0) is 6.42 Å². The van der Waals surface area contributed by atoms with Crippen LogP contribution in [0.15, 0.2) is 83.4 Å². The molecule has 0 aliphatic rings. The molecule has 1 aromatic carbocycles.